The molecule has 0 radical (unpaired) electrons. The third-order valence-electron chi connectivity index (χ3n) is 3.21. The minimum absolute atomic E-state index is 0.269. The molecule has 1 heterocycles. The van der Waals surface area contributed by atoms with Gasteiger partial charge in [0.1, 0.15) is 5.60 Å². The van der Waals surface area contributed by atoms with Gasteiger partial charge in [-0.15, -0.1) is 0 Å². The summed E-state index contributed by atoms with van der Waals surface area (Å²) in [6.07, 6.45) is 2.11. The second-order valence-corrected chi connectivity index (χ2v) is 6.10. The first-order valence-electron chi connectivity index (χ1n) is 7.21. The highest BCUT2D eigenvalue weighted by Crippen LogP contribution is 2.24. The summed E-state index contributed by atoms with van der Waals surface area (Å²) in [6, 6.07) is 7.57. The number of esters is 1. The van der Waals surface area contributed by atoms with Gasteiger partial charge in [0.05, 0.1) is 12.6 Å². The number of hydrogen-bond acceptors (Lipinski definition) is 4. The minimum atomic E-state index is -0.561. The van der Waals surface area contributed by atoms with Gasteiger partial charge >= 0.3 is 12.1 Å². The lowest BCUT2D eigenvalue weighted by Gasteiger charge is -2.19. The normalized spacial score (nSPS) is 11.5. The Morgan fingerprint density at radius 1 is 1.18 bits per heavy atom. The number of benzene rings is 1. The zero-order valence-corrected chi connectivity index (χ0v) is 13.4. The number of hydrogen-bond donors (Lipinski definition) is 0. The molecule has 0 saturated heterocycles. The van der Waals surface area contributed by atoms with E-state index in [9.17, 15) is 9.59 Å². The molecule has 22 heavy (non-hydrogen) atoms. The number of nitrogens with zero attached hydrogens (tertiary/aromatic N) is 1. The maximum absolute atomic E-state index is 12.3. The maximum atomic E-state index is 12.3. The minimum Gasteiger partial charge on any atom is -0.469 e. The van der Waals surface area contributed by atoms with Crippen LogP contribution in [0, 0.1) is 0 Å². The van der Waals surface area contributed by atoms with Crippen LogP contribution in [0.5, 0.6) is 0 Å². The van der Waals surface area contributed by atoms with E-state index in [-0.39, 0.29) is 12.4 Å². The number of ether oxygens (including phenoxy) is 2. The Labute approximate surface area is 129 Å². The second-order valence-electron chi connectivity index (χ2n) is 6.10. The van der Waals surface area contributed by atoms with Crippen molar-refractivity contribution in [2.45, 2.75) is 39.2 Å². The third kappa shape index (κ3) is 3.67. The van der Waals surface area contributed by atoms with E-state index in [2.05, 4.69) is 4.74 Å². The van der Waals surface area contributed by atoms with Crippen LogP contribution < -0.4 is 0 Å². The summed E-state index contributed by atoms with van der Waals surface area (Å²) in [4.78, 5) is 23.7. The van der Waals surface area contributed by atoms with Crippen molar-refractivity contribution in [1.82, 2.24) is 4.57 Å². The van der Waals surface area contributed by atoms with E-state index in [4.69, 9.17) is 4.74 Å². The standard InChI is InChI=1S/C17H21NO4/c1-17(2,3)22-16(20)18-11-12(9-10-15(19)21-4)13-7-5-6-8-14(13)18/h5-8,11H,9-10H2,1-4H3. The van der Waals surface area contributed by atoms with Gasteiger partial charge in [-0.3, -0.25) is 9.36 Å². The van der Waals surface area contributed by atoms with Gasteiger partial charge in [0.15, 0.2) is 0 Å². The highest BCUT2D eigenvalue weighted by Gasteiger charge is 2.20. The highest BCUT2D eigenvalue weighted by atomic mass is 16.6. The number of carbonyl (C=O) groups excluding carboxylic acids is 2. The molecule has 0 atom stereocenters. The fourth-order valence-electron chi connectivity index (χ4n) is 2.25. The molecule has 0 aliphatic carbocycles. The fourth-order valence-corrected chi connectivity index (χ4v) is 2.25. The first kappa shape index (κ1) is 16.1. The molecule has 5 nitrogen and oxygen atoms in total. The zero-order valence-electron chi connectivity index (χ0n) is 13.4. The van der Waals surface area contributed by atoms with E-state index in [1.807, 2.05) is 45.0 Å². The number of methoxy groups -OCH3 is 1. The number of aryl methyl sites for hydroxylation is 1. The molecule has 5 heteroatoms. The van der Waals surface area contributed by atoms with Crippen LogP contribution in [0.3, 0.4) is 0 Å². The Kier molecular flexibility index (Phi) is 4.54. The summed E-state index contributed by atoms with van der Waals surface area (Å²) in [7, 11) is 1.37. The van der Waals surface area contributed by atoms with Crippen molar-refractivity contribution in [3.63, 3.8) is 0 Å². The third-order valence-corrected chi connectivity index (χ3v) is 3.21. The van der Waals surface area contributed by atoms with Gasteiger partial charge in [-0.2, -0.15) is 0 Å². The molecule has 2 rings (SSSR count). The maximum Gasteiger partial charge on any atom is 0.419 e. The quantitative estimate of drug-likeness (QED) is 0.814. The highest BCUT2D eigenvalue weighted by molar-refractivity contribution is 5.92. The van der Waals surface area contributed by atoms with Crippen molar-refractivity contribution in [3.8, 4) is 0 Å². The molecule has 0 unspecified atom stereocenters. The van der Waals surface area contributed by atoms with E-state index < -0.39 is 11.7 Å². The van der Waals surface area contributed by atoms with Crippen LogP contribution in [0.2, 0.25) is 0 Å². The van der Waals surface area contributed by atoms with E-state index in [1.54, 1.807) is 6.20 Å². The molecule has 2 aromatic rings. The molecule has 1 aromatic carbocycles. The van der Waals surface area contributed by atoms with Gasteiger partial charge in [0.2, 0.25) is 0 Å². The van der Waals surface area contributed by atoms with Crippen LogP contribution in [-0.2, 0) is 20.7 Å². The molecule has 0 bridgehead atoms. The lowest BCUT2D eigenvalue weighted by molar-refractivity contribution is -0.140. The number of rotatable bonds is 3. The lowest BCUT2D eigenvalue weighted by Crippen LogP contribution is -2.26. The average molecular weight is 303 g/mol. The summed E-state index contributed by atoms with van der Waals surface area (Å²) >= 11 is 0. The molecule has 0 N–H and O–H groups in total. The van der Waals surface area contributed by atoms with Crippen molar-refractivity contribution in [2.24, 2.45) is 0 Å². The van der Waals surface area contributed by atoms with Crippen LogP contribution in [0.1, 0.15) is 32.8 Å². The van der Waals surface area contributed by atoms with E-state index in [0.717, 1.165) is 16.5 Å². The summed E-state index contributed by atoms with van der Waals surface area (Å²) in [6.45, 7) is 5.48. The van der Waals surface area contributed by atoms with Crippen LogP contribution in [-0.4, -0.2) is 29.3 Å². The summed E-state index contributed by atoms with van der Waals surface area (Å²) in [5.41, 5.74) is 1.14. The van der Waals surface area contributed by atoms with Crippen LogP contribution in [0.25, 0.3) is 10.9 Å². The van der Waals surface area contributed by atoms with Crippen molar-refractivity contribution in [3.05, 3.63) is 36.0 Å². The van der Waals surface area contributed by atoms with Gasteiger partial charge < -0.3 is 9.47 Å². The van der Waals surface area contributed by atoms with Crippen LogP contribution in [0.4, 0.5) is 4.79 Å². The molecule has 0 aliphatic rings. The van der Waals surface area contributed by atoms with Gasteiger partial charge in [0.25, 0.3) is 0 Å². The predicted octanol–water partition coefficient (Wildman–Crippen LogP) is 3.53. The van der Waals surface area contributed by atoms with Crippen LogP contribution in [0.15, 0.2) is 30.5 Å². The average Bonchev–Trinajstić information content (AvgIpc) is 2.82. The predicted molar refractivity (Wildman–Crippen MR) is 83.9 cm³/mol. The molecule has 0 saturated carbocycles. The topological polar surface area (TPSA) is 57.5 Å². The van der Waals surface area contributed by atoms with Gasteiger partial charge in [-0.05, 0) is 38.8 Å². The van der Waals surface area contributed by atoms with E-state index >= 15 is 0 Å². The second kappa shape index (κ2) is 6.22. The monoisotopic (exact) mass is 303 g/mol. The van der Waals surface area contributed by atoms with Crippen LogP contribution >= 0.6 is 0 Å². The lowest BCUT2D eigenvalue weighted by atomic mass is 10.1. The summed E-state index contributed by atoms with van der Waals surface area (Å²) < 4.78 is 11.6. The molecule has 118 valence electrons. The molecule has 0 spiro atoms. The Balaban J connectivity index is 2.35. The molecule has 0 aliphatic heterocycles. The first-order chi connectivity index (χ1) is 10.3. The van der Waals surface area contributed by atoms with Crippen molar-refractivity contribution in [1.29, 1.82) is 0 Å². The van der Waals surface area contributed by atoms with Gasteiger partial charge in [-0.1, -0.05) is 18.2 Å². The Hall–Kier alpha value is -2.30. The Morgan fingerprint density at radius 2 is 1.86 bits per heavy atom. The zero-order chi connectivity index (χ0) is 16.3. The number of para-hydroxylation sites is 1. The van der Waals surface area contributed by atoms with Gasteiger partial charge in [-0.25, -0.2) is 4.79 Å². The van der Waals surface area contributed by atoms with E-state index in [1.165, 1.54) is 11.7 Å². The van der Waals surface area contributed by atoms with Crippen molar-refractivity contribution in [2.75, 3.05) is 7.11 Å². The number of aromatic nitrogens is 1. The molecular weight excluding hydrogens is 282 g/mol. The Morgan fingerprint density at radius 3 is 2.50 bits per heavy atom. The van der Waals surface area contributed by atoms with Gasteiger partial charge in [0, 0.05) is 18.0 Å². The summed E-state index contributed by atoms with van der Waals surface area (Å²) in [5, 5.41) is 0.942. The van der Waals surface area contributed by atoms with E-state index in [0.29, 0.717) is 6.42 Å². The first-order valence-corrected chi connectivity index (χ1v) is 7.21. The fraction of sp³-hybridized carbons (Fsp3) is 0.412. The molecule has 0 fully saturated rings. The van der Waals surface area contributed by atoms with Crippen molar-refractivity contribution >= 4 is 23.0 Å². The summed E-state index contributed by atoms with van der Waals surface area (Å²) in [5.74, 6) is -0.269. The molecular formula is C17H21NO4. The SMILES string of the molecule is COC(=O)CCc1cn(C(=O)OC(C)(C)C)c2ccccc12. The molecule has 0 amide bonds. The largest absolute Gasteiger partial charge is 0.469 e. The smallest absolute Gasteiger partial charge is 0.419 e. The van der Waals surface area contributed by atoms with Crippen molar-refractivity contribution < 1.29 is 19.1 Å². The number of carbonyl (C=O) groups is 2. The Bertz CT molecular complexity index is 694. The molecule has 1 aromatic heterocycles. The number of fused-ring (bicyclic) bond motifs is 1.